The Labute approximate surface area is 96.6 Å². The largest absolute Gasteiger partial charge is 0.398 e. The average Bonchev–Trinajstić information content (AvgIpc) is 2.25. The molecule has 0 aliphatic carbocycles. The fourth-order valence-corrected chi connectivity index (χ4v) is 1.97. The van der Waals surface area contributed by atoms with E-state index in [0.29, 0.717) is 6.04 Å². The lowest BCUT2D eigenvalue weighted by Gasteiger charge is -2.14. The summed E-state index contributed by atoms with van der Waals surface area (Å²) in [5.74, 6) is 1.21. The summed E-state index contributed by atoms with van der Waals surface area (Å²) in [4.78, 5) is 0. The van der Waals surface area contributed by atoms with Crippen LogP contribution in [-0.2, 0) is 6.54 Å². The van der Waals surface area contributed by atoms with Crippen LogP contribution in [0.4, 0.5) is 5.69 Å². The van der Waals surface area contributed by atoms with Gasteiger partial charge in [-0.2, -0.15) is 11.8 Å². The van der Waals surface area contributed by atoms with E-state index in [0.717, 1.165) is 12.2 Å². The summed E-state index contributed by atoms with van der Waals surface area (Å²) in [5.41, 5.74) is 7.93. The molecule has 1 unspecified atom stereocenters. The zero-order valence-electron chi connectivity index (χ0n) is 9.49. The van der Waals surface area contributed by atoms with E-state index in [2.05, 4.69) is 24.6 Å². The van der Waals surface area contributed by atoms with Crippen LogP contribution >= 0.6 is 11.8 Å². The standard InChI is InChI=1S/C12H20N2S/c1-10(7-8-15-2)14-9-11-5-3-4-6-12(11)13/h3-6,10,14H,7-9,13H2,1-2H3. The quantitative estimate of drug-likeness (QED) is 0.729. The number of hydrogen-bond acceptors (Lipinski definition) is 3. The Morgan fingerprint density at radius 3 is 2.80 bits per heavy atom. The van der Waals surface area contributed by atoms with Gasteiger partial charge in [-0.25, -0.2) is 0 Å². The van der Waals surface area contributed by atoms with E-state index >= 15 is 0 Å². The van der Waals surface area contributed by atoms with Gasteiger partial charge in [0.15, 0.2) is 0 Å². The first-order valence-electron chi connectivity index (χ1n) is 5.29. The maximum absolute atomic E-state index is 5.86. The lowest BCUT2D eigenvalue weighted by molar-refractivity contribution is 0.538. The van der Waals surface area contributed by atoms with Crippen LogP contribution in [-0.4, -0.2) is 18.1 Å². The average molecular weight is 224 g/mol. The van der Waals surface area contributed by atoms with Gasteiger partial charge in [0, 0.05) is 18.3 Å². The third-order valence-electron chi connectivity index (χ3n) is 2.45. The minimum Gasteiger partial charge on any atom is -0.398 e. The molecule has 1 rings (SSSR count). The van der Waals surface area contributed by atoms with Gasteiger partial charge in [0.25, 0.3) is 0 Å². The second-order valence-electron chi connectivity index (χ2n) is 3.76. The smallest absolute Gasteiger partial charge is 0.0359 e. The molecule has 15 heavy (non-hydrogen) atoms. The number of para-hydroxylation sites is 1. The van der Waals surface area contributed by atoms with Crippen molar-refractivity contribution < 1.29 is 0 Å². The van der Waals surface area contributed by atoms with E-state index in [9.17, 15) is 0 Å². The van der Waals surface area contributed by atoms with Gasteiger partial charge < -0.3 is 11.1 Å². The number of rotatable bonds is 6. The third kappa shape index (κ3) is 4.58. The van der Waals surface area contributed by atoms with Crippen molar-refractivity contribution >= 4 is 17.4 Å². The molecule has 0 saturated carbocycles. The lowest BCUT2D eigenvalue weighted by atomic mass is 10.1. The zero-order valence-corrected chi connectivity index (χ0v) is 10.3. The lowest BCUT2D eigenvalue weighted by Crippen LogP contribution is -2.26. The van der Waals surface area contributed by atoms with E-state index in [-0.39, 0.29) is 0 Å². The van der Waals surface area contributed by atoms with Gasteiger partial charge in [-0.1, -0.05) is 18.2 Å². The Kier molecular flexibility index (Phi) is 5.58. The van der Waals surface area contributed by atoms with E-state index < -0.39 is 0 Å². The molecule has 0 heterocycles. The fraction of sp³-hybridized carbons (Fsp3) is 0.500. The van der Waals surface area contributed by atoms with Gasteiger partial charge in [-0.3, -0.25) is 0 Å². The molecule has 0 amide bonds. The molecule has 1 atom stereocenters. The van der Waals surface area contributed by atoms with Crippen LogP contribution in [0, 0.1) is 0 Å². The fourth-order valence-electron chi connectivity index (χ4n) is 1.38. The normalized spacial score (nSPS) is 12.7. The second kappa shape index (κ2) is 6.75. The first-order chi connectivity index (χ1) is 7.24. The summed E-state index contributed by atoms with van der Waals surface area (Å²) in [6.45, 7) is 3.08. The molecule has 0 aliphatic rings. The monoisotopic (exact) mass is 224 g/mol. The Morgan fingerprint density at radius 1 is 1.40 bits per heavy atom. The molecule has 1 aromatic carbocycles. The Morgan fingerprint density at radius 2 is 2.13 bits per heavy atom. The zero-order chi connectivity index (χ0) is 11.1. The van der Waals surface area contributed by atoms with Gasteiger partial charge in [0.05, 0.1) is 0 Å². The van der Waals surface area contributed by atoms with Crippen LogP contribution in [0.1, 0.15) is 18.9 Å². The predicted molar refractivity (Wildman–Crippen MR) is 70.2 cm³/mol. The SMILES string of the molecule is CSCCC(C)NCc1ccccc1N. The Bertz CT molecular complexity index is 289. The molecule has 0 saturated heterocycles. The van der Waals surface area contributed by atoms with Gasteiger partial charge in [0.1, 0.15) is 0 Å². The number of thioether (sulfide) groups is 1. The summed E-state index contributed by atoms with van der Waals surface area (Å²) < 4.78 is 0. The number of nitrogens with one attached hydrogen (secondary N) is 1. The summed E-state index contributed by atoms with van der Waals surface area (Å²) in [6.07, 6.45) is 3.34. The molecule has 0 radical (unpaired) electrons. The van der Waals surface area contributed by atoms with Crippen molar-refractivity contribution in [3.8, 4) is 0 Å². The van der Waals surface area contributed by atoms with E-state index in [1.165, 1.54) is 17.7 Å². The van der Waals surface area contributed by atoms with Crippen LogP contribution in [0.25, 0.3) is 0 Å². The maximum atomic E-state index is 5.86. The number of nitrogen functional groups attached to an aromatic ring is 1. The van der Waals surface area contributed by atoms with Crippen LogP contribution in [0.15, 0.2) is 24.3 Å². The van der Waals surface area contributed by atoms with Crippen LogP contribution < -0.4 is 11.1 Å². The number of anilines is 1. The molecule has 0 aliphatic heterocycles. The minimum absolute atomic E-state index is 0.553. The first kappa shape index (κ1) is 12.4. The summed E-state index contributed by atoms with van der Waals surface area (Å²) in [7, 11) is 0. The van der Waals surface area contributed by atoms with E-state index in [1.807, 2.05) is 30.0 Å². The van der Waals surface area contributed by atoms with Gasteiger partial charge in [0.2, 0.25) is 0 Å². The molecule has 3 N–H and O–H groups in total. The third-order valence-corrected chi connectivity index (χ3v) is 3.10. The molecule has 0 fully saturated rings. The van der Waals surface area contributed by atoms with Crippen LogP contribution in [0.5, 0.6) is 0 Å². The molecular weight excluding hydrogens is 204 g/mol. The summed E-state index contributed by atoms with van der Waals surface area (Å²) in [6, 6.07) is 8.57. The molecule has 3 heteroatoms. The van der Waals surface area contributed by atoms with Crippen molar-refractivity contribution in [3.63, 3.8) is 0 Å². The predicted octanol–water partition coefficient (Wildman–Crippen LogP) is 2.50. The molecule has 0 spiro atoms. The van der Waals surface area contributed by atoms with Crippen molar-refractivity contribution in [2.45, 2.75) is 25.9 Å². The molecule has 84 valence electrons. The van der Waals surface area contributed by atoms with Gasteiger partial charge in [-0.05, 0) is 37.0 Å². The number of benzene rings is 1. The molecular formula is C12H20N2S. The highest BCUT2D eigenvalue weighted by Crippen LogP contribution is 2.10. The highest BCUT2D eigenvalue weighted by Gasteiger charge is 2.02. The maximum Gasteiger partial charge on any atom is 0.0359 e. The number of nitrogens with two attached hydrogens (primary N) is 1. The molecule has 0 bridgehead atoms. The first-order valence-corrected chi connectivity index (χ1v) is 6.69. The van der Waals surface area contributed by atoms with Gasteiger partial charge in [-0.15, -0.1) is 0 Å². The second-order valence-corrected chi connectivity index (χ2v) is 4.75. The Balaban J connectivity index is 2.33. The topological polar surface area (TPSA) is 38.0 Å². The highest BCUT2D eigenvalue weighted by atomic mass is 32.2. The van der Waals surface area contributed by atoms with Crippen LogP contribution in [0.2, 0.25) is 0 Å². The van der Waals surface area contributed by atoms with Crippen molar-refractivity contribution in [1.29, 1.82) is 0 Å². The van der Waals surface area contributed by atoms with Crippen molar-refractivity contribution in [2.75, 3.05) is 17.7 Å². The Hall–Kier alpha value is -0.670. The molecule has 2 nitrogen and oxygen atoms in total. The van der Waals surface area contributed by atoms with E-state index in [4.69, 9.17) is 5.73 Å². The summed E-state index contributed by atoms with van der Waals surface area (Å²) in [5, 5.41) is 3.48. The van der Waals surface area contributed by atoms with Crippen molar-refractivity contribution in [1.82, 2.24) is 5.32 Å². The molecule has 0 aromatic heterocycles. The number of hydrogen-bond donors (Lipinski definition) is 2. The highest BCUT2D eigenvalue weighted by molar-refractivity contribution is 7.98. The van der Waals surface area contributed by atoms with Gasteiger partial charge >= 0.3 is 0 Å². The van der Waals surface area contributed by atoms with Crippen molar-refractivity contribution in [2.24, 2.45) is 0 Å². The molecule has 1 aromatic rings. The minimum atomic E-state index is 0.553. The van der Waals surface area contributed by atoms with Crippen molar-refractivity contribution in [3.05, 3.63) is 29.8 Å². The van der Waals surface area contributed by atoms with E-state index in [1.54, 1.807) is 0 Å². The summed E-state index contributed by atoms with van der Waals surface area (Å²) >= 11 is 1.89. The van der Waals surface area contributed by atoms with Crippen LogP contribution in [0.3, 0.4) is 0 Å².